The molecule has 0 bridgehead atoms. The van der Waals surface area contributed by atoms with Crippen molar-refractivity contribution < 1.29 is 0 Å². The molecule has 0 radical (unpaired) electrons. The molecule has 1 aromatic carbocycles. The van der Waals surface area contributed by atoms with Gasteiger partial charge in [0.05, 0.1) is 23.9 Å². The highest BCUT2D eigenvalue weighted by atomic mass is 35.5. The summed E-state index contributed by atoms with van der Waals surface area (Å²) in [6, 6.07) is 7.24. The van der Waals surface area contributed by atoms with E-state index in [-0.39, 0.29) is 12.4 Å². The van der Waals surface area contributed by atoms with Crippen molar-refractivity contribution in [3.63, 3.8) is 0 Å². The lowest BCUT2D eigenvalue weighted by atomic mass is 10.0. The number of halogens is 1. The Kier molecular flexibility index (Phi) is 6.37. The van der Waals surface area contributed by atoms with E-state index in [1.807, 2.05) is 24.3 Å². The van der Waals surface area contributed by atoms with E-state index in [4.69, 9.17) is 0 Å². The van der Waals surface area contributed by atoms with Crippen LogP contribution >= 0.6 is 12.4 Å². The molecule has 0 saturated heterocycles. The summed E-state index contributed by atoms with van der Waals surface area (Å²) in [5.41, 5.74) is 9.06. The summed E-state index contributed by atoms with van der Waals surface area (Å²) in [5.74, 6) is 0. The molecular formula is C23H32ClN5. The van der Waals surface area contributed by atoms with Crippen molar-refractivity contribution in [1.82, 2.24) is 19.3 Å². The van der Waals surface area contributed by atoms with Crippen LogP contribution in [0.3, 0.4) is 0 Å². The third-order valence-electron chi connectivity index (χ3n) is 6.16. The molecule has 0 fully saturated rings. The first-order chi connectivity index (χ1) is 13.5. The fourth-order valence-corrected chi connectivity index (χ4v) is 4.52. The Morgan fingerprint density at radius 3 is 2.69 bits per heavy atom. The summed E-state index contributed by atoms with van der Waals surface area (Å²) in [5, 5.41) is 4.57. The van der Waals surface area contributed by atoms with Gasteiger partial charge in [0.25, 0.3) is 0 Å². The Balaban J connectivity index is 0.00000240. The minimum atomic E-state index is 0. The zero-order valence-electron chi connectivity index (χ0n) is 18.1. The largest absolute Gasteiger partial charge is 0.371 e. The molecule has 3 aromatic rings. The molecule has 0 spiro atoms. The normalized spacial score (nSPS) is 14.0. The van der Waals surface area contributed by atoms with Crippen molar-refractivity contribution in [3.8, 4) is 11.3 Å². The van der Waals surface area contributed by atoms with E-state index in [0.29, 0.717) is 6.04 Å². The second-order valence-electron chi connectivity index (χ2n) is 8.09. The molecule has 0 amide bonds. The van der Waals surface area contributed by atoms with Crippen molar-refractivity contribution in [2.24, 2.45) is 7.05 Å². The summed E-state index contributed by atoms with van der Waals surface area (Å²) in [6.07, 6.45) is 7.27. The highest BCUT2D eigenvalue weighted by Crippen LogP contribution is 2.33. The van der Waals surface area contributed by atoms with E-state index in [9.17, 15) is 0 Å². The average molecular weight is 414 g/mol. The van der Waals surface area contributed by atoms with Crippen LogP contribution in [0, 0.1) is 13.8 Å². The number of fused-ring (bicyclic) bond motifs is 1. The third kappa shape index (κ3) is 3.93. The van der Waals surface area contributed by atoms with Gasteiger partial charge in [-0.15, -0.1) is 12.4 Å². The molecule has 6 heteroatoms. The molecule has 4 rings (SSSR count). The van der Waals surface area contributed by atoms with Crippen molar-refractivity contribution >= 4 is 18.1 Å². The number of benzene rings is 1. The molecule has 156 valence electrons. The van der Waals surface area contributed by atoms with Crippen LogP contribution < -0.4 is 4.90 Å². The third-order valence-corrected chi connectivity index (χ3v) is 6.16. The van der Waals surface area contributed by atoms with Crippen LogP contribution in [0.4, 0.5) is 5.69 Å². The number of rotatable bonds is 6. The Morgan fingerprint density at radius 1 is 1.21 bits per heavy atom. The van der Waals surface area contributed by atoms with Gasteiger partial charge in [0.2, 0.25) is 0 Å². The smallest absolute Gasteiger partial charge is 0.0953 e. The molecule has 1 unspecified atom stereocenters. The van der Waals surface area contributed by atoms with Gasteiger partial charge in [-0.2, -0.15) is 5.10 Å². The van der Waals surface area contributed by atoms with Crippen LogP contribution in [0.5, 0.6) is 0 Å². The molecule has 1 aliphatic rings. The molecular weight excluding hydrogens is 382 g/mol. The number of hydrogen-bond donors (Lipinski definition) is 0. The van der Waals surface area contributed by atoms with Gasteiger partial charge in [-0.05, 0) is 63.3 Å². The lowest BCUT2D eigenvalue weighted by molar-refractivity contribution is 0.546. The van der Waals surface area contributed by atoms with E-state index < -0.39 is 0 Å². The first-order valence-electron chi connectivity index (χ1n) is 10.4. The lowest BCUT2D eigenvalue weighted by Gasteiger charge is -2.19. The molecule has 0 N–H and O–H groups in total. The molecule has 0 saturated carbocycles. The van der Waals surface area contributed by atoms with E-state index in [2.05, 4.69) is 65.4 Å². The number of aromatic nitrogens is 4. The Labute approximate surface area is 180 Å². The number of aryl methyl sites for hydroxylation is 2. The fraction of sp³-hybridized carbons (Fsp3) is 0.478. The molecule has 1 aliphatic heterocycles. The second kappa shape index (κ2) is 8.62. The van der Waals surface area contributed by atoms with Crippen LogP contribution in [-0.2, 0) is 19.9 Å². The van der Waals surface area contributed by atoms with Crippen LogP contribution in [0.2, 0.25) is 0 Å². The Bertz CT molecular complexity index is 987. The monoisotopic (exact) mass is 413 g/mol. The average Bonchev–Trinajstić information content (AvgIpc) is 3.37. The Hall–Kier alpha value is -2.27. The van der Waals surface area contributed by atoms with Crippen LogP contribution in [0.25, 0.3) is 11.3 Å². The molecule has 0 aliphatic carbocycles. The van der Waals surface area contributed by atoms with Gasteiger partial charge < -0.3 is 9.47 Å². The first kappa shape index (κ1) is 21.4. The predicted molar refractivity (Wildman–Crippen MR) is 122 cm³/mol. The second-order valence-corrected chi connectivity index (χ2v) is 8.09. The molecule has 29 heavy (non-hydrogen) atoms. The number of anilines is 1. The highest BCUT2D eigenvalue weighted by Gasteiger charge is 2.21. The maximum atomic E-state index is 4.57. The van der Waals surface area contributed by atoms with Crippen LogP contribution in [-0.4, -0.2) is 32.4 Å². The van der Waals surface area contributed by atoms with Crippen molar-refractivity contribution in [2.45, 2.75) is 53.0 Å². The zero-order chi connectivity index (χ0) is 19.8. The van der Waals surface area contributed by atoms with E-state index in [0.717, 1.165) is 31.6 Å². The maximum Gasteiger partial charge on any atom is 0.0953 e. The standard InChI is InChI=1S/C23H31N5.ClH/c1-6-10-27-11-9-20-13-19(7-8-22(20)27)23-14-24-15-28(23)16(2)12-21-17(3)25-26(5)18(21)4;/h7-8,13-16H,6,9-12H2,1-5H3;1H. The van der Waals surface area contributed by atoms with Crippen molar-refractivity contribution in [2.75, 3.05) is 18.0 Å². The summed E-state index contributed by atoms with van der Waals surface area (Å²) >= 11 is 0. The first-order valence-corrected chi connectivity index (χ1v) is 10.4. The van der Waals surface area contributed by atoms with E-state index in [1.54, 1.807) is 0 Å². The lowest BCUT2D eigenvalue weighted by Crippen LogP contribution is -2.20. The Morgan fingerprint density at radius 2 is 2.00 bits per heavy atom. The topological polar surface area (TPSA) is 38.9 Å². The highest BCUT2D eigenvalue weighted by molar-refractivity contribution is 5.85. The quantitative estimate of drug-likeness (QED) is 0.577. The van der Waals surface area contributed by atoms with Gasteiger partial charge in [-0.1, -0.05) is 13.0 Å². The van der Waals surface area contributed by atoms with Gasteiger partial charge in [0, 0.05) is 43.1 Å². The summed E-state index contributed by atoms with van der Waals surface area (Å²) in [6.45, 7) is 11.1. The summed E-state index contributed by atoms with van der Waals surface area (Å²) in [7, 11) is 2.02. The van der Waals surface area contributed by atoms with E-state index in [1.165, 1.54) is 40.2 Å². The number of nitrogens with zero attached hydrogens (tertiary/aromatic N) is 5. The van der Waals surface area contributed by atoms with E-state index >= 15 is 0 Å². The maximum absolute atomic E-state index is 4.57. The zero-order valence-corrected chi connectivity index (χ0v) is 19.0. The number of imidazole rings is 1. The van der Waals surface area contributed by atoms with Crippen molar-refractivity contribution in [1.29, 1.82) is 0 Å². The van der Waals surface area contributed by atoms with Gasteiger partial charge >= 0.3 is 0 Å². The molecule has 5 nitrogen and oxygen atoms in total. The molecule has 2 aromatic heterocycles. The molecule has 3 heterocycles. The SMILES string of the molecule is CCCN1CCc2cc(-c3cncn3C(C)Cc3c(C)nn(C)c3C)ccc21.Cl. The van der Waals surface area contributed by atoms with Gasteiger partial charge in [0.1, 0.15) is 0 Å². The summed E-state index contributed by atoms with van der Waals surface area (Å²) in [4.78, 5) is 6.99. The van der Waals surface area contributed by atoms with Crippen LogP contribution in [0.1, 0.15) is 48.8 Å². The van der Waals surface area contributed by atoms with Crippen molar-refractivity contribution in [3.05, 3.63) is 53.2 Å². The van der Waals surface area contributed by atoms with Gasteiger partial charge in [-0.25, -0.2) is 4.98 Å². The van der Waals surface area contributed by atoms with Gasteiger partial charge in [0.15, 0.2) is 0 Å². The minimum absolute atomic E-state index is 0. The van der Waals surface area contributed by atoms with Crippen LogP contribution in [0.15, 0.2) is 30.7 Å². The molecule has 1 atom stereocenters. The summed E-state index contributed by atoms with van der Waals surface area (Å²) < 4.78 is 4.29. The predicted octanol–water partition coefficient (Wildman–Crippen LogP) is 4.90. The minimum Gasteiger partial charge on any atom is -0.371 e. The van der Waals surface area contributed by atoms with Gasteiger partial charge in [-0.3, -0.25) is 4.68 Å². The fourth-order valence-electron chi connectivity index (χ4n) is 4.52. The number of hydrogen-bond acceptors (Lipinski definition) is 3.